The summed E-state index contributed by atoms with van der Waals surface area (Å²) in [5.41, 5.74) is 2.03. The van der Waals surface area contributed by atoms with Gasteiger partial charge in [-0.2, -0.15) is 0 Å². The summed E-state index contributed by atoms with van der Waals surface area (Å²) in [6.45, 7) is 0. The summed E-state index contributed by atoms with van der Waals surface area (Å²) in [7, 11) is 1.98. The lowest BCUT2D eigenvalue weighted by Crippen LogP contribution is -1.96. The van der Waals surface area contributed by atoms with Crippen LogP contribution in [0.5, 0.6) is 0 Å². The van der Waals surface area contributed by atoms with Crippen LogP contribution in [-0.4, -0.2) is 41.2 Å². The molecule has 114 valence electrons. The highest BCUT2D eigenvalue weighted by Crippen LogP contribution is 2.24. The normalized spacial score (nSPS) is 11.0. The topological polar surface area (TPSA) is 61.4 Å². The van der Waals surface area contributed by atoms with Crippen LogP contribution in [0.2, 0.25) is 0 Å². The van der Waals surface area contributed by atoms with Gasteiger partial charge >= 0.3 is 0 Å². The van der Waals surface area contributed by atoms with Crippen LogP contribution in [0.4, 0.5) is 0 Å². The van der Waals surface area contributed by atoms with Crippen molar-refractivity contribution in [3.05, 3.63) is 36.9 Å². The summed E-state index contributed by atoms with van der Waals surface area (Å²) in [6, 6.07) is 8.06. The van der Waals surface area contributed by atoms with Crippen molar-refractivity contribution in [2.24, 2.45) is 7.05 Å². The Balaban J connectivity index is 1.79. The zero-order valence-corrected chi connectivity index (χ0v) is 13.6. The molecule has 0 saturated heterocycles. The number of alkyl halides is 1. The molecule has 0 unspecified atom stereocenters. The van der Waals surface area contributed by atoms with Gasteiger partial charge in [0.1, 0.15) is 12.7 Å². The summed E-state index contributed by atoms with van der Waals surface area (Å²) in [4.78, 5) is 0. The van der Waals surface area contributed by atoms with Crippen LogP contribution < -0.4 is 0 Å². The molecule has 0 bridgehead atoms. The molecule has 8 heteroatoms. The molecule has 3 aromatic rings. The molecule has 0 aliphatic rings. The van der Waals surface area contributed by atoms with E-state index in [9.17, 15) is 0 Å². The van der Waals surface area contributed by atoms with Crippen molar-refractivity contribution in [3.8, 4) is 17.1 Å². The molecule has 3 rings (SSSR count). The predicted octanol–water partition coefficient (Wildman–Crippen LogP) is 2.78. The number of thioether (sulfide) groups is 1. The van der Waals surface area contributed by atoms with Gasteiger partial charge < -0.3 is 4.57 Å². The molecule has 0 spiro atoms. The van der Waals surface area contributed by atoms with Crippen molar-refractivity contribution in [2.75, 3.05) is 11.6 Å². The van der Waals surface area contributed by atoms with Crippen molar-refractivity contribution >= 4 is 23.4 Å². The molecular formula is C14H15ClN6S. The summed E-state index contributed by atoms with van der Waals surface area (Å²) in [5.74, 6) is 2.47. The fourth-order valence-corrected chi connectivity index (χ4v) is 3.17. The molecule has 0 saturated carbocycles. The quantitative estimate of drug-likeness (QED) is 0.394. The third kappa shape index (κ3) is 3.15. The van der Waals surface area contributed by atoms with E-state index in [-0.39, 0.29) is 0 Å². The second-order valence-corrected chi connectivity index (χ2v) is 6.11. The lowest BCUT2D eigenvalue weighted by molar-refractivity contribution is 0.793. The average Bonchev–Trinajstić information content (AvgIpc) is 3.19. The monoisotopic (exact) mass is 334 g/mol. The number of benzene rings is 1. The Morgan fingerprint density at radius 1 is 1.09 bits per heavy atom. The van der Waals surface area contributed by atoms with Gasteiger partial charge in [-0.1, -0.05) is 11.8 Å². The number of hydrogen-bond acceptors (Lipinski definition) is 5. The first kappa shape index (κ1) is 15.1. The van der Waals surface area contributed by atoms with Crippen LogP contribution in [0.1, 0.15) is 6.42 Å². The van der Waals surface area contributed by atoms with E-state index in [1.54, 1.807) is 24.4 Å². The van der Waals surface area contributed by atoms with Crippen LogP contribution in [-0.2, 0) is 7.05 Å². The molecule has 0 aliphatic carbocycles. The number of halogens is 1. The summed E-state index contributed by atoms with van der Waals surface area (Å²) in [6.07, 6.45) is 4.30. The van der Waals surface area contributed by atoms with Gasteiger partial charge in [0, 0.05) is 29.9 Å². The second-order valence-electron chi connectivity index (χ2n) is 4.67. The first-order valence-corrected chi connectivity index (χ1v) is 8.35. The van der Waals surface area contributed by atoms with Gasteiger partial charge in [-0.3, -0.25) is 4.57 Å². The van der Waals surface area contributed by atoms with E-state index in [0.717, 1.165) is 34.4 Å². The minimum absolute atomic E-state index is 0.669. The van der Waals surface area contributed by atoms with Gasteiger partial charge in [0.2, 0.25) is 0 Å². The Morgan fingerprint density at radius 2 is 1.82 bits per heavy atom. The van der Waals surface area contributed by atoms with Gasteiger partial charge in [-0.15, -0.1) is 32.0 Å². The molecule has 2 heterocycles. The maximum Gasteiger partial charge on any atom is 0.191 e. The molecule has 2 aromatic heterocycles. The predicted molar refractivity (Wildman–Crippen MR) is 87.4 cm³/mol. The summed E-state index contributed by atoms with van der Waals surface area (Å²) >= 11 is 7.37. The van der Waals surface area contributed by atoms with E-state index in [0.29, 0.717) is 5.88 Å². The largest absolute Gasteiger partial charge is 0.305 e. The zero-order valence-electron chi connectivity index (χ0n) is 12.1. The summed E-state index contributed by atoms with van der Waals surface area (Å²) < 4.78 is 3.86. The lowest BCUT2D eigenvalue weighted by Gasteiger charge is -2.05. The van der Waals surface area contributed by atoms with E-state index in [1.807, 2.05) is 40.4 Å². The standard InChI is InChI=1S/C14H15ClN6S/c1-20-13(18-19-14(20)22-8-2-7-15)11-3-5-12(6-4-11)21-9-16-17-10-21/h3-6,9-10H,2,7-8H2,1H3. The first-order chi connectivity index (χ1) is 10.8. The second kappa shape index (κ2) is 6.93. The Hall–Kier alpha value is -1.86. The minimum Gasteiger partial charge on any atom is -0.305 e. The van der Waals surface area contributed by atoms with E-state index in [4.69, 9.17) is 11.6 Å². The van der Waals surface area contributed by atoms with Crippen molar-refractivity contribution < 1.29 is 0 Å². The first-order valence-electron chi connectivity index (χ1n) is 6.83. The highest BCUT2D eigenvalue weighted by molar-refractivity contribution is 7.99. The van der Waals surface area contributed by atoms with Gasteiger partial charge in [0.15, 0.2) is 11.0 Å². The zero-order chi connectivity index (χ0) is 15.4. The Morgan fingerprint density at radius 3 is 2.50 bits per heavy atom. The molecule has 22 heavy (non-hydrogen) atoms. The van der Waals surface area contributed by atoms with Crippen molar-refractivity contribution in [2.45, 2.75) is 11.6 Å². The fourth-order valence-electron chi connectivity index (χ4n) is 2.03. The molecule has 6 nitrogen and oxygen atoms in total. The van der Waals surface area contributed by atoms with Crippen molar-refractivity contribution in [3.63, 3.8) is 0 Å². The van der Waals surface area contributed by atoms with Crippen LogP contribution in [0, 0.1) is 0 Å². The molecule has 1 aromatic carbocycles. The van der Waals surface area contributed by atoms with E-state index < -0.39 is 0 Å². The number of rotatable bonds is 6. The Kier molecular flexibility index (Phi) is 4.74. The van der Waals surface area contributed by atoms with Gasteiger partial charge in [0.05, 0.1) is 0 Å². The van der Waals surface area contributed by atoms with Crippen LogP contribution >= 0.6 is 23.4 Å². The van der Waals surface area contributed by atoms with Gasteiger partial charge in [-0.25, -0.2) is 0 Å². The summed E-state index contributed by atoms with van der Waals surface area (Å²) in [5, 5.41) is 17.0. The maximum absolute atomic E-state index is 5.70. The fraction of sp³-hybridized carbons (Fsp3) is 0.286. The molecular weight excluding hydrogens is 320 g/mol. The molecule has 0 amide bonds. The minimum atomic E-state index is 0.669. The lowest BCUT2D eigenvalue weighted by atomic mass is 10.2. The van der Waals surface area contributed by atoms with Crippen LogP contribution in [0.3, 0.4) is 0 Å². The smallest absolute Gasteiger partial charge is 0.191 e. The Labute approximate surface area is 137 Å². The highest BCUT2D eigenvalue weighted by Gasteiger charge is 2.11. The molecule has 0 radical (unpaired) electrons. The van der Waals surface area contributed by atoms with Crippen molar-refractivity contribution in [1.29, 1.82) is 0 Å². The van der Waals surface area contributed by atoms with E-state index in [1.165, 1.54) is 0 Å². The van der Waals surface area contributed by atoms with E-state index >= 15 is 0 Å². The van der Waals surface area contributed by atoms with E-state index in [2.05, 4.69) is 20.4 Å². The molecule has 0 fully saturated rings. The molecule has 0 atom stereocenters. The number of aromatic nitrogens is 6. The number of hydrogen-bond donors (Lipinski definition) is 0. The SMILES string of the molecule is Cn1c(SCCCCl)nnc1-c1ccc(-n2cnnc2)cc1. The number of nitrogens with zero attached hydrogens (tertiary/aromatic N) is 6. The molecule has 0 N–H and O–H groups in total. The van der Waals surface area contributed by atoms with Gasteiger partial charge in [-0.05, 0) is 30.7 Å². The average molecular weight is 335 g/mol. The van der Waals surface area contributed by atoms with Crippen LogP contribution in [0.25, 0.3) is 17.1 Å². The van der Waals surface area contributed by atoms with Crippen molar-refractivity contribution in [1.82, 2.24) is 29.5 Å². The van der Waals surface area contributed by atoms with Gasteiger partial charge in [0.25, 0.3) is 0 Å². The highest BCUT2D eigenvalue weighted by atomic mass is 35.5. The third-order valence-electron chi connectivity index (χ3n) is 3.19. The third-order valence-corrected chi connectivity index (χ3v) is 4.56. The molecule has 0 aliphatic heterocycles. The maximum atomic E-state index is 5.70. The Bertz CT molecular complexity index is 722. The van der Waals surface area contributed by atoms with Crippen LogP contribution in [0.15, 0.2) is 42.1 Å².